The van der Waals surface area contributed by atoms with E-state index in [1.54, 1.807) is 4.90 Å². The third-order valence-corrected chi connectivity index (χ3v) is 8.75. The van der Waals surface area contributed by atoms with Gasteiger partial charge < -0.3 is 20.4 Å². The number of anilines is 1. The number of nitrogens with zero attached hydrogens (tertiary/aromatic N) is 2. The lowest BCUT2D eigenvalue weighted by molar-refractivity contribution is -0.136. The third kappa shape index (κ3) is 4.59. The molecular weight excluding hydrogens is 518 g/mol. The largest absolute Gasteiger partial charge is 0.492 e. The number of piperidine rings is 2. The molecule has 6 rings (SSSR count). The molecule has 0 radical (unpaired) electrons. The minimum atomic E-state index is -0.639. The number of ether oxygens (including phenoxy) is 1. The van der Waals surface area contributed by atoms with Gasteiger partial charge in [0.2, 0.25) is 11.8 Å². The van der Waals surface area contributed by atoms with E-state index in [0.717, 1.165) is 54.1 Å². The Bertz CT molecular complexity index is 1400. The summed E-state index contributed by atoms with van der Waals surface area (Å²) in [6, 6.07) is 10.8. The molecule has 1 atom stereocenters. The molecule has 4 aliphatic heterocycles. The van der Waals surface area contributed by atoms with E-state index in [9.17, 15) is 14.4 Å². The Kier molecular flexibility index (Phi) is 6.64. The number of halogens is 1. The van der Waals surface area contributed by atoms with Crippen LogP contribution in [0.4, 0.5) is 5.69 Å². The summed E-state index contributed by atoms with van der Waals surface area (Å²) >= 11 is 6.23. The van der Waals surface area contributed by atoms with Crippen LogP contribution in [-0.4, -0.2) is 66.0 Å². The fourth-order valence-corrected chi connectivity index (χ4v) is 6.37. The lowest BCUT2D eigenvalue weighted by Gasteiger charge is -2.38. The van der Waals surface area contributed by atoms with Crippen molar-refractivity contribution >= 4 is 41.2 Å². The lowest BCUT2D eigenvalue weighted by Crippen LogP contribution is -2.52. The molecule has 2 fully saturated rings. The van der Waals surface area contributed by atoms with Crippen LogP contribution in [0.15, 0.2) is 48.2 Å². The minimum Gasteiger partial charge on any atom is -0.492 e. The highest BCUT2D eigenvalue weighted by molar-refractivity contribution is 6.33. The molecule has 3 amide bonds. The van der Waals surface area contributed by atoms with Gasteiger partial charge in [-0.25, -0.2) is 0 Å². The van der Waals surface area contributed by atoms with Crippen LogP contribution in [0.3, 0.4) is 0 Å². The molecule has 4 heterocycles. The Balaban J connectivity index is 1.13. The van der Waals surface area contributed by atoms with E-state index in [4.69, 9.17) is 21.7 Å². The molecule has 0 bridgehead atoms. The molecule has 1 unspecified atom stereocenters. The van der Waals surface area contributed by atoms with Crippen LogP contribution in [-0.2, 0) is 21.5 Å². The van der Waals surface area contributed by atoms with Crippen molar-refractivity contribution in [3.05, 3.63) is 69.9 Å². The summed E-state index contributed by atoms with van der Waals surface area (Å²) in [5.41, 5.74) is 4.12. The van der Waals surface area contributed by atoms with Crippen molar-refractivity contribution in [3.8, 4) is 5.75 Å². The predicted molar refractivity (Wildman–Crippen MR) is 147 cm³/mol. The van der Waals surface area contributed by atoms with Crippen molar-refractivity contribution < 1.29 is 19.1 Å². The Hall–Kier alpha value is -3.69. The summed E-state index contributed by atoms with van der Waals surface area (Å²) in [4.78, 5) is 41.1. The molecule has 3 N–H and O–H groups in total. The number of hydrogen-bond acceptors (Lipinski definition) is 7. The smallest absolute Gasteiger partial charge is 0.255 e. The van der Waals surface area contributed by atoms with E-state index in [1.807, 2.05) is 42.6 Å². The quantitative estimate of drug-likeness (QED) is 0.377. The first-order valence-electron chi connectivity index (χ1n) is 13.3. The van der Waals surface area contributed by atoms with E-state index in [0.29, 0.717) is 36.7 Å². The number of carbonyl (C=O) groups is 3. The summed E-state index contributed by atoms with van der Waals surface area (Å²) in [7, 11) is 0. The topological polar surface area (TPSA) is 115 Å². The summed E-state index contributed by atoms with van der Waals surface area (Å²) in [6.07, 6.45) is 5.60. The molecule has 39 heavy (non-hydrogen) atoms. The molecule has 202 valence electrons. The maximum atomic E-state index is 13.2. The zero-order valence-corrected chi connectivity index (χ0v) is 22.2. The van der Waals surface area contributed by atoms with E-state index in [-0.39, 0.29) is 23.7 Å². The zero-order chi connectivity index (χ0) is 27.1. The van der Waals surface area contributed by atoms with Crippen LogP contribution in [0.2, 0.25) is 5.02 Å². The molecule has 10 heteroatoms. The first kappa shape index (κ1) is 25.6. The van der Waals surface area contributed by atoms with Gasteiger partial charge in [-0.05, 0) is 56.1 Å². The van der Waals surface area contributed by atoms with Crippen molar-refractivity contribution in [2.45, 2.75) is 43.7 Å². The lowest BCUT2D eigenvalue weighted by atomic mass is 9.74. The number of rotatable bonds is 6. The van der Waals surface area contributed by atoms with Gasteiger partial charge >= 0.3 is 0 Å². The Morgan fingerprint density at radius 3 is 2.72 bits per heavy atom. The number of benzene rings is 2. The second-order valence-corrected chi connectivity index (χ2v) is 11.1. The molecule has 0 aromatic heterocycles. The van der Waals surface area contributed by atoms with Crippen LogP contribution in [0.1, 0.15) is 47.2 Å². The molecule has 0 aliphatic carbocycles. The number of likely N-dealkylation sites (tertiary alicyclic amines) is 1. The summed E-state index contributed by atoms with van der Waals surface area (Å²) in [5.74, 6) is -0.0987. The summed E-state index contributed by atoms with van der Waals surface area (Å²) in [6.45, 7) is 3.26. The number of amides is 3. The molecule has 2 aromatic rings. The Morgan fingerprint density at radius 2 is 1.97 bits per heavy atom. The van der Waals surface area contributed by atoms with Gasteiger partial charge in [0.25, 0.3) is 5.91 Å². The summed E-state index contributed by atoms with van der Waals surface area (Å²) < 4.78 is 6.28. The molecule has 9 nitrogen and oxygen atoms in total. The number of nitrogens with one attached hydrogen (secondary N) is 3. The second kappa shape index (κ2) is 10.1. The maximum Gasteiger partial charge on any atom is 0.255 e. The first-order valence-corrected chi connectivity index (χ1v) is 13.6. The third-order valence-electron chi connectivity index (χ3n) is 8.42. The van der Waals surface area contributed by atoms with Crippen molar-refractivity contribution in [1.29, 1.82) is 5.41 Å². The standard InChI is InChI=1S/C29H30ClN5O4/c30-22-3-1-2-4-23(22)32-14-18(13-31)15-34-11-9-29(10-12-34)17-39-26-20-16-35(24-7-8-25(36)33-27(24)37)28(38)19(20)5-6-21(26)29/h1-6,13-14,24,31-32H,7-12,15-17H2,(H,33,36,37)/b18-14+,31-13?. The van der Waals surface area contributed by atoms with Crippen LogP contribution >= 0.6 is 11.6 Å². The molecule has 2 saturated heterocycles. The monoisotopic (exact) mass is 547 g/mol. The normalized spacial score (nSPS) is 22.4. The highest BCUT2D eigenvalue weighted by Gasteiger charge is 2.47. The van der Waals surface area contributed by atoms with Crippen LogP contribution in [0.5, 0.6) is 5.75 Å². The predicted octanol–water partition coefficient (Wildman–Crippen LogP) is 3.47. The van der Waals surface area contributed by atoms with Crippen LogP contribution in [0.25, 0.3) is 0 Å². The van der Waals surface area contributed by atoms with E-state index >= 15 is 0 Å². The molecule has 1 spiro atoms. The summed E-state index contributed by atoms with van der Waals surface area (Å²) in [5, 5.41) is 14.1. The number of hydrogen-bond donors (Lipinski definition) is 3. The van der Waals surface area contributed by atoms with Gasteiger partial charge in [-0.1, -0.05) is 29.8 Å². The maximum absolute atomic E-state index is 13.2. The van der Waals surface area contributed by atoms with Crippen molar-refractivity contribution in [1.82, 2.24) is 15.1 Å². The fraction of sp³-hybridized carbons (Fsp3) is 0.379. The van der Waals surface area contributed by atoms with E-state index in [2.05, 4.69) is 15.5 Å². The number of para-hydroxylation sites is 1. The first-order chi connectivity index (χ1) is 18.9. The average Bonchev–Trinajstić information content (AvgIpc) is 3.46. The van der Waals surface area contributed by atoms with Crippen LogP contribution < -0.4 is 15.4 Å². The molecule has 4 aliphatic rings. The molecule has 2 aromatic carbocycles. The van der Waals surface area contributed by atoms with Gasteiger partial charge in [0.1, 0.15) is 11.8 Å². The molecule has 0 saturated carbocycles. The minimum absolute atomic E-state index is 0.115. The highest BCUT2D eigenvalue weighted by Crippen LogP contribution is 2.49. The van der Waals surface area contributed by atoms with Gasteiger partial charge in [-0.3, -0.25) is 24.6 Å². The Labute approximate surface area is 231 Å². The number of imide groups is 1. The van der Waals surface area contributed by atoms with Gasteiger partial charge in [0.05, 0.1) is 23.9 Å². The number of fused-ring (bicyclic) bond motifs is 4. The SMILES string of the molecule is N=C/C(=C\Nc1ccccc1Cl)CN1CCC2(CC1)COc1c2ccc2c1CN(C1CCC(=O)NC1=O)C2=O. The van der Waals surface area contributed by atoms with Gasteiger partial charge in [-0.15, -0.1) is 0 Å². The van der Waals surface area contributed by atoms with E-state index < -0.39 is 11.9 Å². The van der Waals surface area contributed by atoms with Gasteiger partial charge in [-0.2, -0.15) is 0 Å². The molecular formula is C29H30ClN5O4. The van der Waals surface area contributed by atoms with E-state index in [1.165, 1.54) is 6.21 Å². The van der Waals surface area contributed by atoms with Crippen molar-refractivity contribution in [2.24, 2.45) is 0 Å². The van der Waals surface area contributed by atoms with Crippen molar-refractivity contribution in [3.63, 3.8) is 0 Å². The Morgan fingerprint density at radius 1 is 1.18 bits per heavy atom. The highest BCUT2D eigenvalue weighted by atomic mass is 35.5. The average molecular weight is 548 g/mol. The van der Waals surface area contributed by atoms with Crippen LogP contribution in [0, 0.1) is 5.41 Å². The zero-order valence-electron chi connectivity index (χ0n) is 21.5. The van der Waals surface area contributed by atoms with Gasteiger partial charge in [0, 0.05) is 47.5 Å². The second-order valence-electron chi connectivity index (χ2n) is 10.7. The number of carbonyl (C=O) groups excluding carboxylic acids is 3. The fourth-order valence-electron chi connectivity index (χ4n) is 6.18. The van der Waals surface area contributed by atoms with Crippen molar-refractivity contribution in [2.75, 3.05) is 31.6 Å². The van der Waals surface area contributed by atoms with Gasteiger partial charge in [0.15, 0.2) is 0 Å².